The van der Waals surface area contributed by atoms with Gasteiger partial charge in [-0.05, 0) is 56.8 Å². The van der Waals surface area contributed by atoms with Crippen molar-refractivity contribution in [1.82, 2.24) is 14.4 Å². The fourth-order valence-electron chi connectivity index (χ4n) is 5.61. The number of hydrogen-bond donors (Lipinski definition) is 0. The van der Waals surface area contributed by atoms with Gasteiger partial charge in [-0.1, -0.05) is 35.9 Å². The normalized spacial score (nSPS) is 23.4. The maximum Gasteiger partial charge on any atom is 0.255 e. The average molecular weight is 406 g/mol. The fraction of sp³-hybridized carbons (Fsp3) is 0.520. The van der Waals surface area contributed by atoms with E-state index in [4.69, 9.17) is 0 Å². The molecule has 1 amide bonds. The molecular formula is C25H31N3O2. The Morgan fingerprint density at radius 1 is 1.07 bits per heavy atom. The van der Waals surface area contributed by atoms with E-state index in [0.29, 0.717) is 12.3 Å². The standard InChI is InChI=1S/C25H31N3O2/c1-18-5-4-6-19(11-18)13-24(29)27-14-20-12-22(17-27)23-8-7-21(25(30)28(23)15-20)16-26-9-2-3-10-26/h4-8,11,20,22H,2-3,9-10,12-17H2,1H3/t20-,22+/m0/s1. The number of benzene rings is 1. The number of nitrogens with zero attached hydrogens (tertiary/aromatic N) is 3. The lowest BCUT2D eigenvalue weighted by atomic mass is 9.82. The monoisotopic (exact) mass is 405 g/mol. The first-order valence-electron chi connectivity index (χ1n) is 11.3. The first-order valence-corrected chi connectivity index (χ1v) is 11.3. The zero-order valence-electron chi connectivity index (χ0n) is 17.8. The summed E-state index contributed by atoms with van der Waals surface area (Å²) in [7, 11) is 0. The highest BCUT2D eigenvalue weighted by Gasteiger charge is 2.36. The molecule has 5 rings (SSSR count). The minimum absolute atomic E-state index is 0.189. The number of pyridine rings is 1. The number of aromatic nitrogens is 1. The third-order valence-electron chi connectivity index (χ3n) is 7.07. The van der Waals surface area contributed by atoms with Crippen molar-refractivity contribution >= 4 is 5.91 Å². The Balaban J connectivity index is 1.32. The van der Waals surface area contributed by atoms with Gasteiger partial charge in [-0.3, -0.25) is 14.5 Å². The third-order valence-corrected chi connectivity index (χ3v) is 7.07. The van der Waals surface area contributed by atoms with E-state index < -0.39 is 0 Å². The molecule has 5 nitrogen and oxygen atoms in total. The molecule has 2 fully saturated rings. The van der Waals surface area contributed by atoms with Gasteiger partial charge in [0.05, 0.1) is 6.42 Å². The van der Waals surface area contributed by atoms with E-state index in [2.05, 4.69) is 30.0 Å². The Hall–Kier alpha value is -2.40. The van der Waals surface area contributed by atoms with E-state index in [-0.39, 0.29) is 17.4 Å². The SMILES string of the molecule is Cc1cccc(CC(=O)N2C[C@@H]3C[C@H](C2)c2ccc(CN4CCCC4)c(=O)n2C3)c1. The molecule has 0 N–H and O–H groups in total. The van der Waals surface area contributed by atoms with Crippen LogP contribution in [0.25, 0.3) is 0 Å². The Morgan fingerprint density at radius 2 is 1.90 bits per heavy atom. The Kier molecular flexibility index (Phi) is 5.23. The molecule has 2 saturated heterocycles. The summed E-state index contributed by atoms with van der Waals surface area (Å²) in [5.74, 6) is 0.849. The number of piperidine rings is 1. The molecule has 1 aromatic carbocycles. The summed E-state index contributed by atoms with van der Waals surface area (Å²) in [5.41, 5.74) is 4.50. The van der Waals surface area contributed by atoms with Crippen LogP contribution in [0.15, 0.2) is 41.2 Å². The number of amides is 1. The molecule has 3 aliphatic heterocycles. The van der Waals surface area contributed by atoms with Crippen LogP contribution in [-0.2, 0) is 24.3 Å². The van der Waals surface area contributed by atoms with Crippen molar-refractivity contribution in [2.75, 3.05) is 26.2 Å². The molecule has 2 aromatic rings. The Morgan fingerprint density at radius 3 is 2.70 bits per heavy atom. The van der Waals surface area contributed by atoms with Crippen molar-refractivity contribution in [3.63, 3.8) is 0 Å². The van der Waals surface area contributed by atoms with Crippen LogP contribution in [0.4, 0.5) is 0 Å². The van der Waals surface area contributed by atoms with E-state index >= 15 is 0 Å². The van der Waals surface area contributed by atoms with Crippen LogP contribution in [0, 0.1) is 12.8 Å². The lowest BCUT2D eigenvalue weighted by molar-refractivity contribution is -0.133. The number of rotatable bonds is 4. The molecule has 5 heteroatoms. The topological polar surface area (TPSA) is 45.6 Å². The second kappa shape index (κ2) is 8.03. The van der Waals surface area contributed by atoms with Gasteiger partial charge in [-0.15, -0.1) is 0 Å². The van der Waals surface area contributed by atoms with Gasteiger partial charge in [-0.25, -0.2) is 0 Å². The smallest absolute Gasteiger partial charge is 0.255 e. The predicted octanol–water partition coefficient (Wildman–Crippen LogP) is 2.94. The van der Waals surface area contributed by atoms with Crippen LogP contribution < -0.4 is 5.56 Å². The second-order valence-corrected chi connectivity index (χ2v) is 9.45. The van der Waals surface area contributed by atoms with Crippen LogP contribution in [-0.4, -0.2) is 46.5 Å². The number of likely N-dealkylation sites (tertiary alicyclic amines) is 2. The predicted molar refractivity (Wildman–Crippen MR) is 118 cm³/mol. The zero-order valence-corrected chi connectivity index (χ0v) is 17.8. The Bertz CT molecular complexity index is 1010. The molecule has 158 valence electrons. The summed E-state index contributed by atoms with van der Waals surface area (Å²) >= 11 is 0. The summed E-state index contributed by atoms with van der Waals surface area (Å²) < 4.78 is 2.02. The highest BCUT2D eigenvalue weighted by molar-refractivity contribution is 5.79. The van der Waals surface area contributed by atoms with Gasteiger partial charge in [0.2, 0.25) is 5.91 Å². The van der Waals surface area contributed by atoms with Gasteiger partial charge in [-0.2, -0.15) is 0 Å². The molecule has 2 atom stereocenters. The van der Waals surface area contributed by atoms with Crippen LogP contribution in [0.2, 0.25) is 0 Å². The van der Waals surface area contributed by atoms with Gasteiger partial charge in [0.25, 0.3) is 5.56 Å². The first-order chi connectivity index (χ1) is 14.6. The van der Waals surface area contributed by atoms with Crippen molar-refractivity contribution in [3.8, 4) is 0 Å². The van der Waals surface area contributed by atoms with Crippen LogP contribution >= 0.6 is 0 Å². The Labute approximate surface area is 178 Å². The van der Waals surface area contributed by atoms with Gasteiger partial charge in [0, 0.05) is 43.4 Å². The first kappa shape index (κ1) is 19.6. The summed E-state index contributed by atoms with van der Waals surface area (Å²) in [6.07, 6.45) is 4.02. The molecule has 3 aliphatic rings. The van der Waals surface area contributed by atoms with Crippen LogP contribution in [0.1, 0.15) is 47.6 Å². The van der Waals surface area contributed by atoms with Crippen molar-refractivity contribution in [2.45, 2.75) is 51.6 Å². The lowest BCUT2D eigenvalue weighted by Crippen LogP contribution is -2.50. The molecule has 1 aromatic heterocycles. The summed E-state index contributed by atoms with van der Waals surface area (Å²) in [6.45, 7) is 7.28. The zero-order chi connectivity index (χ0) is 20.7. The van der Waals surface area contributed by atoms with E-state index in [1.54, 1.807) is 0 Å². The number of fused-ring (bicyclic) bond motifs is 4. The number of carbonyl (C=O) groups is 1. The minimum Gasteiger partial charge on any atom is -0.341 e. The highest BCUT2D eigenvalue weighted by Crippen LogP contribution is 2.35. The van der Waals surface area contributed by atoms with E-state index in [1.807, 2.05) is 27.7 Å². The summed E-state index contributed by atoms with van der Waals surface area (Å²) in [4.78, 5) is 30.6. The largest absolute Gasteiger partial charge is 0.341 e. The van der Waals surface area contributed by atoms with E-state index in [1.165, 1.54) is 18.4 Å². The maximum atomic E-state index is 13.2. The molecule has 0 saturated carbocycles. The van der Waals surface area contributed by atoms with Crippen molar-refractivity contribution < 1.29 is 4.79 Å². The number of hydrogen-bond acceptors (Lipinski definition) is 3. The van der Waals surface area contributed by atoms with Crippen molar-refractivity contribution in [3.05, 3.63) is 69.1 Å². The van der Waals surface area contributed by atoms with Gasteiger partial charge in [0.1, 0.15) is 0 Å². The van der Waals surface area contributed by atoms with E-state index in [0.717, 1.165) is 62.5 Å². The molecule has 2 bridgehead atoms. The molecular weight excluding hydrogens is 374 g/mol. The summed E-state index contributed by atoms with van der Waals surface area (Å²) in [5, 5.41) is 0. The van der Waals surface area contributed by atoms with Gasteiger partial charge < -0.3 is 9.47 Å². The molecule has 0 unspecified atom stereocenters. The van der Waals surface area contributed by atoms with Gasteiger partial charge >= 0.3 is 0 Å². The van der Waals surface area contributed by atoms with Crippen molar-refractivity contribution in [2.24, 2.45) is 5.92 Å². The molecule has 4 heterocycles. The number of aryl methyl sites for hydroxylation is 1. The van der Waals surface area contributed by atoms with Crippen LogP contribution in [0.3, 0.4) is 0 Å². The minimum atomic E-state index is 0.189. The van der Waals surface area contributed by atoms with Gasteiger partial charge in [0.15, 0.2) is 0 Å². The highest BCUT2D eigenvalue weighted by atomic mass is 16.2. The maximum absolute atomic E-state index is 13.2. The molecule has 0 radical (unpaired) electrons. The lowest BCUT2D eigenvalue weighted by Gasteiger charge is -2.43. The fourth-order valence-corrected chi connectivity index (χ4v) is 5.61. The third kappa shape index (κ3) is 3.83. The number of carbonyl (C=O) groups excluding carboxylic acids is 1. The van der Waals surface area contributed by atoms with Crippen LogP contribution in [0.5, 0.6) is 0 Å². The molecule has 0 spiro atoms. The van der Waals surface area contributed by atoms with E-state index in [9.17, 15) is 9.59 Å². The molecule has 30 heavy (non-hydrogen) atoms. The average Bonchev–Trinajstić information content (AvgIpc) is 3.23. The van der Waals surface area contributed by atoms with Crippen molar-refractivity contribution in [1.29, 1.82) is 0 Å². The quantitative estimate of drug-likeness (QED) is 0.786. The molecule has 0 aliphatic carbocycles. The second-order valence-electron chi connectivity index (χ2n) is 9.45. The summed E-state index contributed by atoms with van der Waals surface area (Å²) in [6, 6.07) is 12.4.